The Morgan fingerprint density at radius 3 is 2.95 bits per heavy atom. The second-order valence-electron chi connectivity index (χ2n) is 5.20. The van der Waals surface area contributed by atoms with Gasteiger partial charge < -0.3 is 20.1 Å². The van der Waals surface area contributed by atoms with E-state index in [4.69, 9.17) is 15.2 Å². The van der Waals surface area contributed by atoms with Crippen LogP contribution in [0, 0.1) is 0 Å². The molecule has 2 unspecified atom stereocenters. The predicted octanol–water partition coefficient (Wildman–Crippen LogP) is 1.37. The van der Waals surface area contributed by atoms with E-state index in [1.54, 1.807) is 18.2 Å². The van der Waals surface area contributed by atoms with Gasteiger partial charge in [0.25, 0.3) is 5.91 Å². The first-order valence-electron chi connectivity index (χ1n) is 6.61. The van der Waals surface area contributed by atoms with E-state index in [9.17, 15) is 4.79 Å². The molecule has 5 heteroatoms. The minimum Gasteiger partial charge on any atom is -0.454 e. The Hall–Kier alpha value is -1.75. The third-order valence-electron chi connectivity index (χ3n) is 3.80. The number of piperidine rings is 1. The van der Waals surface area contributed by atoms with Gasteiger partial charge in [0.05, 0.1) is 0 Å². The van der Waals surface area contributed by atoms with Crippen molar-refractivity contribution in [2.75, 3.05) is 13.3 Å². The first-order chi connectivity index (χ1) is 9.15. The fraction of sp³-hybridized carbons (Fsp3) is 0.500. The summed E-state index contributed by atoms with van der Waals surface area (Å²) in [7, 11) is 0. The molecule has 1 amide bonds. The summed E-state index contributed by atoms with van der Waals surface area (Å²) in [6, 6.07) is 5.72. The molecule has 1 aromatic carbocycles. The third-order valence-corrected chi connectivity index (χ3v) is 3.80. The molecule has 2 N–H and O–H groups in total. The highest BCUT2D eigenvalue weighted by atomic mass is 16.7. The van der Waals surface area contributed by atoms with E-state index < -0.39 is 0 Å². The van der Waals surface area contributed by atoms with E-state index in [0.717, 1.165) is 19.4 Å². The third kappa shape index (κ3) is 2.26. The zero-order chi connectivity index (χ0) is 13.4. The molecule has 2 heterocycles. The van der Waals surface area contributed by atoms with E-state index in [1.807, 2.05) is 11.8 Å². The van der Waals surface area contributed by atoms with Gasteiger partial charge in [0.2, 0.25) is 6.79 Å². The number of fused-ring (bicyclic) bond motifs is 1. The van der Waals surface area contributed by atoms with Crippen molar-refractivity contribution in [3.05, 3.63) is 23.8 Å². The zero-order valence-corrected chi connectivity index (χ0v) is 11.0. The highest BCUT2D eigenvalue weighted by Gasteiger charge is 2.28. The molecular weight excluding hydrogens is 244 g/mol. The van der Waals surface area contributed by atoms with E-state index in [1.165, 1.54) is 0 Å². The number of carbonyl (C=O) groups excluding carboxylic acids is 1. The largest absolute Gasteiger partial charge is 0.454 e. The van der Waals surface area contributed by atoms with Crippen LogP contribution in [0.3, 0.4) is 0 Å². The number of likely N-dealkylation sites (tertiary alicyclic amines) is 1. The summed E-state index contributed by atoms with van der Waals surface area (Å²) in [5, 5.41) is 0. The molecule has 2 aliphatic rings. The van der Waals surface area contributed by atoms with Gasteiger partial charge in [0, 0.05) is 24.2 Å². The number of rotatable bonds is 1. The highest BCUT2D eigenvalue weighted by molar-refractivity contribution is 5.95. The van der Waals surface area contributed by atoms with Crippen molar-refractivity contribution in [3.63, 3.8) is 0 Å². The molecule has 0 aliphatic carbocycles. The van der Waals surface area contributed by atoms with Crippen molar-refractivity contribution in [1.82, 2.24) is 4.90 Å². The molecule has 0 radical (unpaired) electrons. The van der Waals surface area contributed by atoms with Crippen LogP contribution in [0.25, 0.3) is 0 Å². The summed E-state index contributed by atoms with van der Waals surface area (Å²) in [6.45, 7) is 2.99. The van der Waals surface area contributed by atoms with E-state index in [0.29, 0.717) is 17.1 Å². The Labute approximate surface area is 112 Å². The topological polar surface area (TPSA) is 64.8 Å². The molecule has 0 bridgehead atoms. The number of amides is 1. The second-order valence-corrected chi connectivity index (χ2v) is 5.20. The highest BCUT2D eigenvalue weighted by Crippen LogP contribution is 2.33. The first kappa shape index (κ1) is 12.3. The van der Waals surface area contributed by atoms with Crippen LogP contribution in [-0.2, 0) is 0 Å². The Morgan fingerprint density at radius 1 is 1.37 bits per heavy atom. The molecule has 0 aromatic heterocycles. The van der Waals surface area contributed by atoms with Gasteiger partial charge in [0.1, 0.15) is 0 Å². The van der Waals surface area contributed by atoms with Crippen LogP contribution < -0.4 is 15.2 Å². The van der Waals surface area contributed by atoms with Gasteiger partial charge in [0.15, 0.2) is 11.5 Å². The monoisotopic (exact) mass is 262 g/mol. The summed E-state index contributed by atoms with van der Waals surface area (Å²) in [5.74, 6) is 1.38. The van der Waals surface area contributed by atoms with Gasteiger partial charge >= 0.3 is 0 Å². The van der Waals surface area contributed by atoms with Crippen LogP contribution in [0.4, 0.5) is 0 Å². The average Bonchev–Trinajstić information content (AvgIpc) is 2.85. The van der Waals surface area contributed by atoms with Gasteiger partial charge in [-0.25, -0.2) is 0 Å². The van der Waals surface area contributed by atoms with E-state index >= 15 is 0 Å². The van der Waals surface area contributed by atoms with Crippen molar-refractivity contribution >= 4 is 5.91 Å². The van der Waals surface area contributed by atoms with Gasteiger partial charge in [-0.2, -0.15) is 0 Å². The standard InChI is InChI=1S/C14H18N2O3/c1-9-6-11(15)4-5-16(9)14(17)10-2-3-12-13(7-10)19-8-18-12/h2-3,7,9,11H,4-6,8,15H2,1H3. The van der Waals surface area contributed by atoms with Crippen LogP contribution in [0.2, 0.25) is 0 Å². The molecule has 5 nitrogen and oxygen atoms in total. The van der Waals surface area contributed by atoms with Crippen LogP contribution in [0.15, 0.2) is 18.2 Å². The van der Waals surface area contributed by atoms with Crippen molar-refractivity contribution in [1.29, 1.82) is 0 Å². The van der Waals surface area contributed by atoms with Crippen molar-refractivity contribution in [2.24, 2.45) is 5.73 Å². The maximum absolute atomic E-state index is 12.5. The molecule has 1 saturated heterocycles. The van der Waals surface area contributed by atoms with Crippen molar-refractivity contribution in [3.8, 4) is 11.5 Å². The summed E-state index contributed by atoms with van der Waals surface area (Å²) < 4.78 is 10.6. The Morgan fingerprint density at radius 2 is 2.16 bits per heavy atom. The normalized spacial score (nSPS) is 25.5. The second kappa shape index (κ2) is 4.74. The molecule has 1 fully saturated rings. The maximum atomic E-state index is 12.5. The predicted molar refractivity (Wildman–Crippen MR) is 70.3 cm³/mol. The number of hydrogen-bond donors (Lipinski definition) is 1. The van der Waals surface area contributed by atoms with Crippen molar-refractivity contribution in [2.45, 2.75) is 31.8 Å². The number of carbonyl (C=O) groups is 1. The van der Waals surface area contributed by atoms with Gasteiger partial charge in [-0.15, -0.1) is 0 Å². The molecule has 19 heavy (non-hydrogen) atoms. The van der Waals surface area contributed by atoms with Crippen LogP contribution in [0.1, 0.15) is 30.1 Å². The lowest BCUT2D eigenvalue weighted by Gasteiger charge is -2.36. The molecule has 1 aromatic rings. The Balaban J connectivity index is 1.80. The molecule has 0 spiro atoms. The van der Waals surface area contributed by atoms with E-state index in [2.05, 4.69) is 0 Å². The number of nitrogens with two attached hydrogens (primary N) is 1. The number of nitrogens with zero attached hydrogens (tertiary/aromatic N) is 1. The molecule has 0 saturated carbocycles. The first-order valence-corrected chi connectivity index (χ1v) is 6.61. The van der Waals surface area contributed by atoms with E-state index in [-0.39, 0.29) is 24.8 Å². The lowest BCUT2D eigenvalue weighted by Crippen LogP contribution is -2.48. The lowest BCUT2D eigenvalue weighted by molar-refractivity contribution is 0.0618. The molecule has 2 atom stereocenters. The average molecular weight is 262 g/mol. The van der Waals surface area contributed by atoms with Crippen LogP contribution in [-0.4, -0.2) is 36.2 Å². The fourth-order valence-electron chi connectivity index (χ4n) is 2.71. The van der Waals surface area contributed by atoms with Crippen LogP contribution in [0.5, 0.6) is 11.5 Å². The zero-order valence-electron chi connectivity index (χ0n) is 11.0. The minimum absolute atomic E-state index is 0.0395. The molecule has 2 aliphatic heterocycles. The summed E-state index contributed by atoms with van der Waals surface area (Å²) in [4.78, 5) is 14.4. The quantitative estimate of drug-likeness (QED) is 0.830. The Bertz CT molecular complexity index is 503. The molecular formula is C14H18N2O3. The summed E-state index contributed by atoms with van der Waals surface area (Å²) in [5.41, 5.74) is 6.57. The van der Waals surface area contributed by atoms with Crippen LogP contribution >= 0.6 is 0 Å². The van der Waals surface area contributed by atoms with Crippen molar-refractivity contribution < 1.29 is 14.3 Å². The number of ether oxygens (including phenoxy) is 2. The SMILES string of the molecule is CC1CC(N)CCN1C(=O)c1ccc2c(c1)OCO2. The summed E-state index contributed by atoms with van der Waals surface area (Å²) >= 11 is 0. The summed E-state index contributed by atoms with van der Waals surface area (Å²) in [6.07, 6.45) is 1.72. The maximum Gasteiger partial charge on any atom is 0.254 e. The number of hydrogen-bond acceptors (Lipinski definition) is 4. The van der Waals surface area contributed by atoms with Gasteiger partial charge in [-0.05, 0) is 38.0 Å². The smallest absolute Gasteiger partial charge is 0.254 e. The van der Waals surface area contributed by atoms with Gasteiger partial charge in [-0.1, -0.05) is 0 Å². The lowest BCUT2D eigenvalue weighted by atomic mass is 9.98. The fourth-order valence-corrected chi connectivity index (χ4v) is 2.71. The molecule has 3 rings (SSSR count). The minimum atomic E-state index is 0.0395. The molecule has 102 valence electrons. The number of benzene rings is 1. The van der Waals surface area contributed by atoms with Gasteiger partial charge in [-0.3, -0.25) is 4.79 Å². The Kier molecular flexibility index (Phi) is 3.06.